The fourth-order valence-corrected chi connectivity index (χ4v) is 7.34. The van der Waals surface area contributed by atoms with Gasteiger partial charge in [0.1, 0.15) is 0 Å². The van der Waals surface area contributed by atoms with E-state index in [2.05, 4.69) is 41.9 Å². The Labute approximate surface area is 180 Å². The van der Waals surface area contributed by atoms with Crippen LogP contribution in [0.25, 0.3) is 10.6 Å². The first kappa shape index (κ1) is 20.5. The van der Waals surface area contributed by atoms with Crippen LogP contribution < -0.4 is 4.90 Å². The normalized spacial score (nSPS) is 15.8. The van der Waals surface area contributed by atoms with Gasteiger partial charge < -0.3 is 4.90 Å². The summed E-state index contributed by atoms with van der Waals surface area (Å²) in [5, 5.41) is 2.97. The van der Waals surface area contributed by atoms with Crippen LogP contribution in [0.5, 0.6) is 0 Å². The lowest BCUT2D eigenvalue weighted by molar-refractivity contribution is 0.384. The van der Waals surface area contributed by atoms with E-state index < -0.39 is 10.0 Å². The largest absolute Gasteiger partial charge is 0.369 e. The number of benzene rings is 1. The molecule has 3 heterocycles. The van der Waals surface area contributed by atoms with Crippen LogP contribution in [-0.4, -0.2) is 43.9 Å². The van der Waals surface area contributed by atoms with Crippen LogP contribution in [0.1, 0.15) is 21.0 Å². The lowest BCUT2D eigenvalue weighted by Gasteiger charge is -2.36. The summed E-state index contributed by atoms with van der Waals surface area (Å²) in [7, 11) is -3.50. The van der Waals surface area contributed by atoms with Gasteiger partial charge in [-0.15, -0.1) is 22.7 Å². The number of hydrogen-bond donors (Lipinski definition) is 0. The molecule has 0 bridgehead atoms. The Balaban J connectivity index is 1.54. The SMILES string of the molecule is Cc1nc(-c2cc(S(=O)(=O)N3CCN(c4cccc(C)c4C)CC3)c(C)s2)cs1. The molecule has 1 aromatic carbocycles. The van der Waals surface area contributed by atoms with Crippen LogP contribution in [0.2, 0.25) is 0 Å². The van der Waals surface area contributed by atoms with Gasteiger partial charge in [-0.3, -0.25) is 0 Å². The van der Waals surface area contributed by atoms with E-state index in [0.29, 0.717) is 31.1 Å². The molecule has 0 unspecified atom stereocenters. The first-order valence-electron chi connectivity index (χ1n) is 9.61. The number of rotatable bonds is 4. The van der Waals surface area contributed by atoms with Crippen molar-refractivity contribution in [2.45, 2.75) is 32.6 Å². The zero-order valence-electron chi connectivity index (χ0n) is 17.1. The van der Waals surface area contributed by atoms with Crippen molar-refractivity contribution < 1.29 is 8.42 Å². The highest BCUT2D eigenvalue weighted by atomic mass is 32.2. The summed E-state index contributed by atoms with van der Waals surface area (Å²) in [6, 6.07) is 8.09. The number of thiophene rings is 1. The van der Waals surface area contributed by atoms with E-state index in [1.165, 1.54) is 28.2 Å². The first-order chi connectivity index (χ1) is 13.8. The topological polar surface area (TPSA) is 53.5 Å². The standard InChI is InChI=1S/C21H25N3O2S3/c1-14-6-5-7-19(15(14)2)23-8-10-24(11-9-23)29(25,26)21-12-20(28-16(21)3)18-13-27-17(4)22-18/h5-7,12-13H,8-11H2,1-4H3. The summed E-state index contributed by atoms with van der Waals surface area (Å²) in [5.74, 6) is 0. The van der Waals surface area contributed by atoms with Crippen molar-refractivity contribution in [1.82, 2.24) is 9.29 Å². The Bertz CT molecular complexity index is 1140. The molecule has 0 aliphatic carbocycles. The number of aryl methyl sites for hydroxylation is 3. The van der Waals surface area contributed by atoms with Crippen molar-refractivity contribution in [1.29, 1.82) is 0 Å². The Hall–Kier alpha value is -1.74. The number of anilines is 1. The molecule has 3 aromatic rings. The molecule has 1 aliphatic heterocycles. The maximum Gasteiger partial charge on any atom is 0.244 e. The number of thiazole rings is 1. The molecular formula is C21H25N3O2S3. The highest BCUT2D eigenvalue weighted by Gasteiger charge is 2.31. The molecular weight excluding hydrogens is 422 g/mol. The Kier molecular flexibility index (Phi) is 5.54. The summed E-state index contributed by atoms with van der Waals surface area (Å²) in [5.41, 5.74) is 4.59. The van der Waals surface area contributed by atoms with Gasteiger partial charge in [0, 0.05) is 42.1 Å². The van der Waals surface area contributed by atoms with E-state index in [1.807, 2.05) is 19.2 Å². The third-order valence-corrected chi connectivity index (χ3v) is 9.52. The van der Waals surface area contributed by atoms with Crippen LogP contribution in [0, 0.1) is 27.7 Å². The second-order valence-electron chi connectivity index (χ2n) is 7.39. The fraction of sp³-hybridized carbons (Fsp3) is 0.381. The van der Waals surface area contributed by atoms with E-state index in [9.17, 15) is 8.42 Å². The van der Waals surface area contributed by atoms with E-state index >= 15 is 0 Å². The predicted molar refractivity (Wildman–Crippen MR) is 122 cm³/mol. The summed E-state index contributed by atoms with van der Waals surface area (Å²) in [4.78, 5) is 8.95. The molecule has 5 nitrogen and oxygen atoms in total. The molecule has 0 saturated carbocycles. The van der Waals surface area contributed by atoms with Crippen LogP contribution in [0.4, 0.5) is 5.69 Å². The van der Waals surface area contributed by atoms with Gasteiger partial charge in [0.2, 0.25) is 10.0 Å². The molecule has 1 aliphatic rings. The Morgan fingerprint density at radius 2 is 1.76 bits per heavy atom. The molecule has 2 aromatic heterocycles. The zero-order chi connectivity index (χ0) is 20.8. The average molecular weight is 448 g/mol. The number of piperazine rings is 1. The molecule has 154 valence electrons. The van der Waals surface area contributed by atoms with E-state index in [4.69, 9.17) is 0 Å². The van der Waals surface area contributed by atoms with Gasteiger partial charge in [-0.1, -0.05) is 12.1 Å². The maximum atomic E-state index is 13.3. The van der Waals surface area contributed by atoms with Crippen LogP contribution in [0.15, 0.2) is 34.5 Å². The van der Waals surface area contributed by atoms with E-state index in [0.717, 1.165) is 20.5 Å². The van der Waals surface area contributed by atoms with Crippen molar-refractivity contribution in [3.63, 3.8) is 0 Å². The molecule has 1 saturated heterocycles. The number of aromatic nitrogens is 1. The zero-order valence-corrected chi connectivity index (χ0v) is 19.5. The van der Waals surface area contributed by atoms with Crippen LogP contribution >= 0.6 is 22.7 Å². The van der Waals surface area contributed by atoms with Crippen LogP contribution in [0.3, 0.4) is 0 Å². The summed E-state index contributed by atoms with van der Waals surface area (Å²) < 4.78 is 28.3. The molecule has 4 rings (SSSR count). The summed E-state index contributed by atoms with van der Waals surface area (Å²) in [6.07, 6.45) is 0. The molecule has 0 atom stereocenters. The number of hydrogen-bond acceptors (Lipinski definition) is 6. The van der Waals surface area contributed by atoms with Crippen molar-refractivity contribution in [2.75, 3.05) is 31.1 Å². The maximum absolute atomic E-state index is 13.3. The van der Waals surface area contributed by atoms with Crippen LogP contribution in [-0.2, 0) is 10.0 Å². The summed E-state index contributed by atoms with van der Waals surface area (Å²) >= 11 is 3.08. The van der Waals surface area contributed by atoms with Gasteiger partial charge in [-0.25, -0.2) is 13.4 Å². The smallest absolute Gasteiger partial charge is 0.244 e. The first-order valence-corrected chi connectivity index (χ1v) is 12.8. The fourth-order valence-electron chi connectivity index (χ4n) is 3.71. The van der Waals surface area contributed by atoms with Gasteiger partial charge in [-0.05, 0) is 51.0 Å². The van der Waals surface area contributed by atoms with Gasteiger partial charge in [-0.2, -0.15) is 4.31 Å². The number of sulfonamides is 1. The highest BCUT2D eigenvalue weighted by molar-refractivity contribution is 7.89. The monoisotopic (exact) mass is 447 g/mol. The molecule has 0 amide bonds. The molecule has 0 N–H and O–H groups in total. The number of nitrogens with zero attached hydrogens (tertiary/aromatic N) is 3. The van der Waals surface area contributed by atoms with Gasteiger partial charge in [0.05, 0.1) is 20.5 Å². The molecule has 29 heavy (non-hydrogen) atoms. The minimum absolute atomic E-state index is 0.420. The van der Waals surface area contributed by atoms with Gasteiger partial charge in [0.15, 0.2) is 0 Å². The van der Waals surface area contributed by atoms with Crippen molar-refractivity contribution in [3.8, 4) is 10.6 Å². The molecule has 0 radical (unpaired) electrons. The van der Waals surface area contributed by atoms with Crippen molar-refractivity contribution in [2.24, 2.45) is 0 Å². The van der Waals surface area contributed by atoms with E-state index in [1.54, 1.807) is 21.7 Å². The molecule has 0 spiro atoms. The highest BCUT2D eigenvalue weighted by Crippen LogP contribution is 2.35. The Morgan fingerprint density at radius 3 is 2.41 bits per heavy atom. The Morgan fingerprint density at radius 1 is 1.03 bits per heavy atom. The summed E-state index contributed by atoms with van der Waals surface area (Å²) in [6.45, 7) is 10.5. The predicted octanol–water partition coefficient (Wildman–Crippen LogP) is 4.62. The average Bonchev–Trinajstić information content (AvgIpc) is 3.30. The quantitative estimate of drug-likeness (QED) is 0.586. The third-order valence-electron chi connectivity index (χ3n) is 5.52. The minimum Gasteiger partial charge on any atom is -0.369 e. The van der Waals surface area contributed by atoms with Crippen molar-refractivity contribution >= 4 is 38.4 Å². The second kappa shape index (κ2) is 7.83. The second-order valence-corrected chi connectivity index (χ2v) is 11.6. The van der Waals surface area contributed by atoms with Gasteiger partial charge >= 0.3 is 0 Å². The minimum atomic E-state index is -3.50. The van der Waals surface area contributed by atoms with Gasteiger partial charge in [0.25, 0.3) is 0 Å². The van der Waals surface area contributed by atoms with E-state index in [-0.39, 0.29) is 0 Å². The third kappa shape index (κ3) is 3.86. The lowest BCUT2D eigenvalue weighted by atomic mass is 10.1. The molecule has 8 heteroatoms. The lowest BCUT2D eigenvalue weighted by Crippen LogP contribution is -2.48. The molecule has 1 fully saturated rings. The van der Waals surface area contributed by atoms with Crippen molar-refractivity contribution in [3.05, 3.63) is 50.7 Å².